The first-order valence-corrected chi connectivity index (χ1v) is 4.57. The van der Waals surface area contributed by atoms with Crippen molar-refractivity contribution < 1.29 is 18.3 Å². The van der Waals surface area contributed by atoms with Crippen molar-refractivity contribution in [3.63, 3.8) is 0 Å². The van der Waals surface area contributed by atoms with Crippen LogP contribution in [0.25, 0.3) is 0 Å². The van der Waals surface area contributed by atoms with Crippen LogP contribution in [0, 0.1) is 0 Å². The molecular weight excluding hydrogens is 182 g/mol. The molecule has 3 N–H and O–H groups in total. The van der Waals surface area contributed by atoms with Gasteiger partial charge < -0.3 is 10.8 Å². The maximum atomic E-state index is 10.2. The number of carboxylic acid groups (broad SMARTS) is 1. The molecule has 0 fully saturated rings. The van der Waals surface area contributed by atoms with E-state index >= 15 is 0 Å². The van der Waals surface area contributed by atoms with E-state index in [0.717, 1.165) is 5.37 Å². The third-order valence-electron chi connectivity index (χ3n) is 1.29. The summed E-state index contributed by atoms with van der Waals surface area (Å²) < 4.78 is 19.9. The van der Waals surface area contributed by atoms with Crippen LogP contribution in [0.3, 0.4) is 0 Å². The summed E-state index contributed by atoms with van der Waals surface area (Å²) in [5.41, 5.74) is 5.17. The summed E-state index contributed by atoms with van der Waals surface area (Å²) in [4.78, 5) is 10.2. The van der Waals surface area contributed by atoms with Gasteiger partial charge in [0, 0.05) is 5.37 Å². The average Bonchev–Trinajstić information content (AvgIpc) is 1.97. The van der Waals surface area contributed by atoms with Crippen molar-refractivity contribution in [2.45, 2.75) is 25.3 Å². The first-order chi connectivity index (χ1) is 5.54. The third-order valence-corrected chi connectivity index (χ3v) is 1.80. The standard InChI is InChI=1S/C6H11NO4S/c7-5(6(8)9)3-1-2-4-12(10)11/h4-5H,1-3,7H2,(H,8,9)/t5-/m0/s1. The van der Waals surface area contributed by atoms with Crippen LogP contribution in [-0.2, 0) is 15.1 Å². The minimum Gasteiger partial charge on any atom is -0.480 e. The number of hydrogen-bond acceptors (Lipinski definition) is 4. The van der Waals surface area contributed by atoms with Crippen molar-refractivity contribution in [1.82, 2.24) is 0 Å². The molecule has 0 unspecified atom stereocenters. The van der Waals surface area contributed by atoms with Gasteiger partial charge in [-0.2, -0.15) is 8.42 Å². The lowest BCUT2D eigenvalue weighted by Gasteiger charge is -2.02. The largest absolute Gasteiger partial charge is 0.480 e. The number of carboxylic acids is 1. The summed E-state index contributed by atoms with van der Waals surface area (Å²) in [5.74, 6) is -1.06. The quantitative estimate of drug-likeness (QED) is 0.442. The molecule has 1 atom stereocenters. The van der Waals surface area contributed by atoms with Gasteiger partial charge in [-0.05, 0) is 19.3 Å². The Morgan fingerprint density at radius 3 is 2.58 bits per heavy atom. The number of nitrogens with two attached hydrogens (primary N) is 1. The highest BCUT2D eigenvalue weighted by atomic mass is 32.2. The van der Waals surface area contributed by atoms with Gasteiger partial charge in [0.1, 0.15) is 6.04 Å². The SMILES string of the molecule is N[C@@H](CCCC=S(=O)=O)C(=O)O. The molecule has 0 saturated heterocycles. The Balaban J connectivity index is 3.57. The zero-order chi connectivity index (χ0) is 9.56. The Bertz CT molecular complexity index is 261. The van der Waals surface area contributed by atoms with Crippen molar-refractivity contribution >= 4 is 21.6 Å². The van der Waals surface area contributed by atoms with Gasteiger partial charge in [0.25, 0.3) is 0 Å². The van der Waals surface area contributed by atoms with Crippen LogP contribution in [0.2, 0.25) is 0 Å². The van der Waals surface area contributed by atoms with E-state index in [0.29, 0.717) is 19.3 Å². The van der Waals surface area contributed by atoms with Crippen LogP contribution in [0.5, 0.6) is 0 Å². The molecule has 70 valence electrons. The maximum absolute atomic E-state index is 10.2. The number of unbranched alkanes of at least 4 members (excludes halogenated alkanes) is 1. The smallest absolute Gasteiger partial charge is 0.320 e. The van der Waals surface area contributed by atoms with Crippen molar-refractivity contribution in [3.8, 4) is 0 Å². The van der Waals surface area contributed by atoms with Crippen molar-refractivity contribution in [2.75, 3.05) is 0 Å². The van der Waals surface area contributed by atoms with Crippen LogP contribution in [0.1, 0.15) is 19.3 Å². The van der Waals surface area contributed by atoms with E-state index < -0.39 is 22.3 Å². The van der Waals surface area contributed by atoms with E-state index in [1.54, 1.807) is 0 Å². The zero-order valence-electron chi connectivity index (χ0n) is 6.43. The summed E-state index contributed by atoms with van der Waals surface area (Å²) in [6.07, 6.45) is 1.11. The van der Waals surface area contributed by atoms with E-state index in [1.165, 1.54) is 0 Å². The molecule has 0 rings (SSSR count). The van der Waals surface area contributed by atoms with E-state index in [2.05, 4.69) is 0 Å². The summed E-state index contributed by atoms with van der Waals surface area (Å²) in [6.45, 7) is 0. The zero-order valence-corrected chi connectivity index (χ0v) is 7.25. The summed E-state index contributed by atoms with van der Waals surface area (Å²) in [6, 6.07) is -0.890. The highest BCUT2D eigenvalue weighted by Gasteiger charge is 2.09. The second kappa shape index (κ2) is 5.73. The first kappa shape index (κ1) is 11.1. The molecule has 5 nitrogen and oxygen atoms in total. The molecule has 0 aliphatic rings. The topological polar surface area (TPSA) is 97.5 Å². The monoisotopic (exact) mass is 193 g/mol. The second-order valence-corrected chi connectivity index (χ2v) is 3.16. The molecule has 0 aromatic rings. The summed E-state index contributed by atoms with van der Waals surface area (Å²) >= 11 is 0. The highest BCUT2D eigenvalue weighted by molar-refractivity contribution is 7.71. The first-order valence-electron chi connectivity index (χ1n) is 3.44. The lowest BCUT2D eigenvalue weighted by molar-refractivity contribution is -0.138. The molecule has 12 heavy (non-hydrogen) atoms. The molecule has 0 spiro atoms. The van der Waals surface area contributed by atoms with Crippen LogP contribution in [0.15, 0.2) is 0 Å². The highest BCUT2D eigenvalue weighted by Crippen LogP contribution is 1.96. The molecule has 0 saturated carbocycles. The van der Waals surface area contributed by atoms with Crippen molar-refractivity contribution in [2.24, 2.45) is 5.73 Å². The molecule has 6 heteroatoms. The minimum atomic E-state index is -2.15. The molecule has 0 heterocycles. The lowest BCUT2D eigenvalue weighted by Crippen LogP contribution is -2.29. The summed E-state index contributed by atoms with van der Waals surface area (Å²) in [7, 11) is -2.15. The third kappa shape index (κ3) is 5.87. The molecule has 0 radical (unpaired) electrons. The predicted molar refractivity (Wildman–Crippen MR) is 44.4 cm³/mol. The minimum absolute atomic E-state index is 0.295. The molecule has 0 aromatic heterocycles. The van der Waals surface area contributed by atoms with Gasteiger partial charge in [-0.1, -0.05) is 0 Å². The van der Waals surface area contributed by atoms with Gasteiger partial charge in [-0.15, -0.1) is 0 Å². The normalized spacial score (nSPS) is 12.1. The number of aliphatic carboxylic acids is 1. The number of hydrogen-bond donors (Lipinski definition) is 2. The Morgan fingerprint density at radius 1 is 1.58 bits per heavy atom. The van der Waals surface area contributed by atoms with Gasteiger partial charge >= 0.3 is 5.97 Å². The van der Waals surface area contributed by atoms with Gasteiger partial charge in [0.2, 0.25) is 10.3 Å². The molecular formula is C6H11NO4S. The van der Waals surface area contributed by atoms with Crippen LogP contribution in [-0.4, -0.2) is 30.9 Å². The Kier molecular flexibility index (Phi) is 5.31. The molecule has 0 aliphatic heterocycles. The average molecular weight is 193 g/mol. The fraction of sp³-hybridized carbons (Fsp3) is 0.667. The lowest BCUT2D eigenvalue weighted by atomic mass is 10.1. The Labute approximate surface area is 71.7 Å². The number of rotatable bonds is 5. The predicted octanol–water partition coefficient (Wildman–Crippen LogP) is -0.750. The molecule has 0 aromatic carbocycles. The van der Waals surface area contributed by atoms with Gasteiger partial charge in [-0.25, -0.2) is 0 Å². The van der Waals surface area contributed by atoms with Crippen molar-refractivity contribution in [3.05, 3.63) is 0 Å². The Morgan fingerprint density at radius 2 is 2.17 bits per heavy atom. The van der Waals surface area contributed by atoms with E-state index in [-0.39, 0.29) is 0 Å². The van der Waals surface area contributed by atoms with E-state index in [9.17, 15) is 13.2 Å². The van der Waals surface area contributed by atoms with E-state index in [1.807, 2.05) is 0 Å². The van der Waals surface area contributed by atoms with E-state index in [4.69, 9.17) is 10.8 Å². The fourth-order valence-corrected chi connectivity index (χ4v) is 1.000. The summed E-state index contributed by atoms with van der Waals surface area (Å²) in [5, 5.41) is 9.43. The molecule has 0 amide bonds. The van der Waals surface area contributed by atoms with Crippen LogP contribution in [0.4, 0.5) is 0 Å². The van der Waals surface area contributed by atoms with Gasteiger partial charge in [0.15, 0.2) is 0 Å². The number of carbonyl (C=O) groups is 1. The second-order valence-electron chi connectivity index (χ2n) is 2.30. The fourth-order valence-electron chi connectivity index (χ4n) is 0.641. The van der Waals surface area contributed by atoms with Gasteiger partial charge in [-0.3, -0.25) is 4.79 Å². The van der Waals surface area contributed by atoms with Crippen molar-refractivity contribution in [1.29, 1.82) is 0 Å². The molecule has 0 bridgehead atoms. The maximum Gasteiger partial charge on any atom is 0.320 e. The van der Waals surface area contributed by atoms with Crippen LogP contribution < -0.4 is 5.73 Å². The van der Waals surface area contributed by atoms with Gasteiger partial charge in [0.05, 0.1) is 0 Å². The molecule has 0 aliphatic carbocycles. The Hall–Kier alpha value is -0.880. The van der Waals surface area contributed by atoms with Crippen LogP contribution >= 0.6 is 0 Å².